The number of hydrogen-bond donors (Lipinski definition) is 1. The fourth-order valence-electron chi connectivity index (χ4n) is 2.51. The zero-order valence-corrected chi connectivity index (χ0v) is 13.5. The third kappa shape index (κ3) is 3.03. The first-order valence-electron chi connectivity index (χ1n) is 7.80. The van der Waals surface area contributed by atoms with E-state index in [-0.39, 0.29) is 5.91 Å². The van der Waals surface area contributed by atoms with Crippen LogP contribution in [0.5, 0.6) is 5.75 Å². The molecule has 1 N–H and O–H groups in total. The minimum atomic E-state index is -0.420. The second-order valence-electron chi connectivity index (χ2n) is 5.21. The molecule has 0 fully saturated rings. The van der Waals surface area contributed by atoms with E-state index in [1.807, 2.05) is 13.8 Å². The Morgan fingerprint density at radius 3 is 2.58 bits per heavy atom. The van der Waals surface area contributed by atoms with E-state index in [1.54, 1.807) is 42.5 Å². The SMILES string of the molecule is CCOc1ccc(NC(=O)c2ccc3oc(=O)n(CC)c3c2)cc1. The van der Waals surface area contributed by atoms with Gasteiger partial charge in [0.05, 0.1) is 12.1 Å². The first-order valence-corrected chi connectivity index (χ1v) is 7.80. The molecule has 2 aromatic carbocycles. The number of nitrogens with zero attached hydrogens (tertiary/aromatic N) is 1. The predicted molar refractivity (Wildman–Crippen MR) is 91.7 cm³/mol. The lowest BCUT2D eigenvalue weighted by Gasteiger charge is -2.07. The van der Waals surface area contributed by atoms with Crippen molar-refractivity contribution in [2.24, 2.45) is 0 Å². The average molecular weight is 326 g/mol. The number of oxazole rings is 1. The van der Waals surface area contributed by atoms with Gasteiger partial charge in [0.2, 0.25) is 0 Å². The van der Waals surface area contributed by atoms with Crippen molar-refractivity contribution in [2.75, 3.05) is 11.9 Å². The van der Waals surface area contributed by atoms with E-state index in [4.69, 9.17) is 9.15 Å². The smallest absolute Gasteiger partial charge is 0.419 e. The molecule has 1 aromatic heterocycles. The van der Waals surface area contributed by atoms with Crippen molar-refractivity contribution in [3.8, 4) is 5.75 Å². The van der Waals surface area contributed by atoms with E-state index >= 15 is 0 Å². The third-order valence-electron chi connectivity index (χ3n) is 3.67. The molecule has 3 rings (SSSR count). The summed E-state index contributed by atoms with van der Waals surface area (Å²) in [6.07, 6.45) is 0. The van der Waals surface area contributed by atoms with Gasteiger partial charge in [-0.25, -0.2) is 4.79 Å². The number of anilines is 1. The second kappa shape index (κ2) is 6.62. The molecule has 0 saturated carbocycles. The highest BCUT2D eigenvalue weighted by Gasteiger charge is 2.12. The van der Waals surface area contributed by atoms with Crippen LogP contribution in [0.2, 0.25) is 0 Å². The topological polar surface area (TPSA) is 73.5 Å². The summed E-state index contributed by atoms with van der Waals surface area (Å²) in [4.78, 5) is 24.1. The molecule has 24 heavy (non-hydrogen) atoms. The van der Waals surface area contributed by atoms with Gasteiger partial charge in [0.15, 0.2) is 5.58 Å². The van der Waals surface area contributed by atoms with E-state index in [2.05, 4.69) is 5.32 Å². The molecule has 0 aliphatic rings. The van der Waals surface area contributed by atoms with Crippen LogP contribution in [0.15, 0.2) is 51.7 Å². The highest BCUT2D eigenvalue weighted by molar-refractivity contribution is 6.05. The summed E-state index contributed by atoms with van der Waals surface area (Å²) in [5.74, 6) is 0.0798. The fraction of sp³-hybridized carbons (Fsp3) is 0.222. The Kier molecular flexibility index (Phi) is 4.37. The molecule has 0 atom stereocenters. The van der Waals surface area contributed by atoms with Crippen LogP contribution in [0.25, 0.3) is 11.1 Å². The molecule has 0 unspecified atom stereocenters. The van der Waals surface area contributed by atoms with Gasteiger partial charge in [-0.2, -0.15) is 0 Å². The summed E-state index contributed by atoms with van der Waals surface area (Å²) in [6, 6.07) is 12.1. The van der Waals surface area contributed by atoms with Crippen molar-refractivity contribution < 1.29 is 13.9 Å². The number of rotatable bonds is 5. The molecule has 1 heterocycles. The van der Waals surface area contributed by atoms with E-state index in [1.165, 1.54) is 4.57 Å². The molecule has 0 spiro atoms. The van der Waals surface area contributed by atoms with Crippen LogP contribution in [0.1, 0.15) is 24.2 Å². The maximum absolute atomic E-state index is 12.4. The number of ether oxygens (including phenoxy) is 1. The third-order valence-corrected chi connectivity index (χ3v) is 3.67. The van der Waals surface area contributed by atoms with Crippen LogP contribution in [0, 0.1) is 0 Å². The molecular weight excluding hydrogens is 308 g/mol. The number of aryl methyl sites for hydroxylation is 1. The molecule has 0 radical (unpaired) electrons. The van der Waals surface area contributed by atoms with Crippen LogP contribution in [0.3, 0.4) is 0 Å². The first-order chi connectivity index (χ1) is 11.6. The van der Waals surface area contributed by atoms with Gasteiger partial charge in [-0.05, 0) is 56.3 Å². The summed E-state index contributed by atoms with van der Waals surface area (Å²) in [6.45, 7) is 4.84. The summed E-state index contributed by atoms with van der Waals surface area (Å²) in [5.41, 5.74) is 2.21. The van der Waals surface area contributed by atoms with E-state index in [9.17, 15) is 9.59 Å². The molecule has 0 aliphatic heterocycles. The van der Waals surface area contributed by atoms with Crippen molar-refractivity contribution in [3.05, 3.63) is 58.6 Å². The van der Waals surface area contributed by atoms with Gasteiger partial charge in [-0.1, -0.05) is 0 Å². The monoisotopic (exact) mass is 326 g/mol. The molecule has 0 aliphatic carbocycles. The lowest BCUT2D eigenvalue weighted by molar-refractivity contribution is 0.102. The molecule has 6 nitrogen and oxygen atoms in total. The van der Waals surface area contributed by atoms with E-state index < -0.39 is 5.76 Å². The number of benzene rings is 2. The predicted octanol–water partition coefficient (Wildman–Crippen LogP) is 3.27. The molecule has 124 valence electrons. The Morgan fingerprint density at radius 2 is 1.92 bits per heavy atom. The van der Waals surface area contributed by atoms with Crippen molar-refractivity contribution >= 4 is 22.7 Å². The summed E-state index contributed by atoms with van der Waals surface area (Å²) in [7, 11) is 0. The number of carbonyl (C=O) groups is 1. The highest BCUT2D eigenvalue weighted by atomic mass is 16.5. The highest BCUT2D eigenvalue weighted by Crippen LogP contribution is 2.19. The van der Waals surface area contributed by atoms with Gasteiger partial charge in [0.25, 0.3) is 5.91 Å². The maximum Gasteiger partial charge on any atom is 0.419 e. The quantitative estimate of drug-likeness (QED) is 0.781. The molecule has 0 bridgehead atoms. The van der Waals surface area contributed by atoms with Gasteiger partial charge in [-0.3, -0.25) is 9.36 Å². The van der Waals surface area contributed by atoms with Gasteiger partial charge in [0, 0.05) is 17.8 Å². The Morgan fingerprint density at radius 1 is 1.17 bits per heavy atom. The van der Waals surface area contributed by atoms with E-state index in [0.29, 0.717) is 35.5 Å². The van der Waals surface area contributed by atoms with Gasteiger partial charge in [-0.15, -0.1) is 0 Å². The zero-order valence-electron chi connectivity index (χ0n) is 13.5. The lowest BCUT2D eigenvalue weighted by atomic mass is 10.2. The molecule has 0 saturated heterocycles. The molecular formula is C18H18N2O4. The number of carbonyl (C=O) groups excluding carboxylic acids is 1. The van der Waals surface area contributed by atoms with Crippen LogP contribution < -0.4 is 15.8 Å². The first kappa shape index (κ1) is 15.9. The largest absolute Gasteiger partial charge is 0.494 e. The Balaban J connectivity index is 1.84. The fourth-order valence-corrected chi connectivity index (χ4v) is 2.51. The summed E-state index contributed by atoms with van der Waals surface area (Å²) < 4.78 is 12.0. The number of nitrogens with one attached hydrogen (secondary N) is 1. The molecule has 1 amide bonds. The van der Waals surface area contributed by atoms with Crippen LogP contribution in [-0.2, 0) is 6.54 Å². The Bertz CT molecular complexity index is 922. The maximum atomic E-state index is 12.4. The van der Waals surface area contributed by atoms with Gasteiger partial charge < -0.3 is 14.5 Å². The number of aromatic nitrogens is 1. The minimum absolute atomic E-state index is 0.252. The van der Waals surface area contributed by atoms with E-state index in [0.717, 1.165) is 5.75 Å². The van der Waals surface area contributed by atoms with Crippen molar-refractivity contribution in [3.63, 3.8) is 0 Å². The van der Waals surface area contributed by atoms with Crippen molar-refractivity contribution in [1.82, 2.24) is 4.57 Å². The van der Waals surface area contributed by atoms with Gasteiger partial charge in [0.1, 0.15) is 5.75 Å². The van der Waals surface area contributed by atoms with Gasteiger partial charge >= 0.3 is 5.76 Å². The van der Waals surface area contributed by atoms with Crippen LogP contribution in [-0.4, -0.2) is 17.1 Å². The number of fused-ring (bicyclic) bond motifs is 1. The normalized spacial score (nSPS) is 10.8. The standard InChI is InChI=1S/C18H18N2O4/c1-3-20-15-11-12(5-10-16(15)24-18(20)22)17(21)19-13-6-8-14(9-7-13)23-4-2/h5-11H,3-4H2,1-2H3,(H,19,21). The summed E-state index contributed by atoms with van der Waals surface area (Å²) in [5, 5.41) is 2.82. The number of hydrogen-bond acceptors (Lipinski definition) is 4. The van der Waals surface area contributed by atoms with Crippen molar-refractivity contribution in [2.45, 2.75) is 20.4 Å². The zero-order chi connectivity index (χ0) is 17.1. The Labute approximate surface area is 138 Å². The molecule has 6 heteroatoms. The average Bonchev–Trinajstić information content (AvgIpc) is 2.91. The van der Waals surface area contributed by atoms with Crippen LogP contribution >= 0.6 is 0 Å². The molecule has 3 aromatic rings. The van der Waals surface area contributed by atoms with Crippen LogP contribution in [0.4, 0.5) is 5.69 Å². The lowest BCUT2D eigenvalue weighted by Crippen LogP contribution is -2.14. The number of amides is 1. The Hall–Kier alpha value is -3.02. The second-order valence-corrected chi connectivity index (χ2v) is 5.21. The minimum Gasteiger partial charge on any atom is -0.494 e. The van der Waals surface area contributed by atoms with Crippen molar-refractivity contribution in [1.29, 1.82) is 0 Å². The summed E-state index contributed by atoms with van der Waals surface area (Å²) >= 11 is 0.